The van der Waals surface area contributed by atoms with Crippen LogP contribution in [0.2, 0.25) is 0 Å². The van der Waals surface area contributed by atoms with Crippen molar-refractivity contribution in [2.75, 3.05) is 38.0 Å². The van der Waals surface area contributed by atoms with E-state index in [9.17, 15) is 0 Å². The third kappa shape index (κ3) is 5.63. The quantitative estimate of drug-likeness (QED) is 0.510. The molecule has 5 nitrogen and oxygen atoms in total. The first kappa shape index (κ1) is 20.5. The minimum atomic E-state index is 0.623. The predicted octanol–water partition coefficient (Wildman–Crippen LogP) is 5.24. The van der Waals surface area contributed by atoms with Gasteiger partial charge in [-0.2, -0.15) is 0 Å². The number of aromatic nitrogens is 2. The summed E-state index contributed by atoms with van der Waals surface area (Å²) >= 11 is 5.18. The summed E-state index contributed by atoms with van der Waals surface area (Å²) in [4.78, 5) is 15.3. The van der Waals surface area contributed by atoms with Gasteiger partial charge in [0.1, 0.15) is 0 Å². The summed E-state index contributed by atoms with van der Waals surface area (Å²) in [5, 5.41) is 3.37. The van der Waals surface area contributed by atoms with E-state index in [4.69, 9.17) is 0 Å². The Labute approximate surface area is 184 Å². The van der Waals surface area contributed by atoms with Crippen LogP contribution in [-0.2, 0) is 6.54 Å². The molecule has 3 heterocycles. The lowest BCUT2D eigenvalue weighted by Gasteiger charge is -2.34. The third-order valence-electron chi connectivity index (χ3n) is 5.08. The molecule has 1 saturated heterocycles. The van der Waals surface area contributed by atoms with Crippen LogP contribution in [0.5, 0.6) is 0 Å². The highest BCUT2D eigenvalue weighted by Crippen LogP contribution is 2.30. The van der Waals surface area contributed by atoms with Crippen LogP contribution in [0.1, 0.15) is 18.9 Å². The van der Waals surface area contributed by atoms with E-state index in [0.29, 0.717) is 5.95 Å². The van der Waals surface area contributed by atoms with E-state index in [1.54, 1.807) is 17.5 Å². The zero-order valence-electron chi connectivity index (χ0n) is 16.6. The van der Waals surface area contributed by atoms with Crippen LogP contribution >= 0.6 is 27.3 Å². The van der Waals surface area contributed by atoms with Gasteiger partial charge in [0.2, 0.25) is 5.95 Å². The average Bonchev–Trinajstić information content (AvgIpc) is 3.17. The third-order valence-corrected chi connectivity index (χ3v) is 6.72. The highest BCUT2D eigenvalue weighted by atomic mass is 79.9. The summed E-state index contributed by atoms with van der Waals surface area (Å²) < 4.78 is 1.10. The maximum atomic E-state index is 4.67. The van der Waals surface area contributed by atoms with Crippen molar-refractivity contribution in [2.45, 2.75) is 19.9 Å². The molecule has 0 amide bonds. The van der Waals surface area contributed by atoms with E-state index in [2.05, 4.69) is 78.3 Å². The van der Waals surface area contributed by atoms with Gasteiger partial charge in [-0.3, -0.25) is 4.90 Å². The minimum Gasteiger partial charge on any atom is -0.324 e. The smallest absolute Gasteiger partial charge is 0.227 e. The number of thiophene rings is 1. The van der Waals surface area contributed by atoms with Crippen molar-refractivity contribution in [1.29, 1.82) is 0 Å². The topological polar surface area (TPSA) is 44.3 Å². The molecule has 7 heteroatoms. The molecule has 0 radical (unpaired) electrons. The van der Waals surface area contributed by atoms with E-state index < -0.39 is 0 Å². The lowest BCUT2D eigenvalue weighted by atomic mass is 10.1. The molecule has 4 rings (SSSR count). The molecule has 0 aliphatic carbocycles. The Morgan fingerprint density at radius 1 is 1.07 bits per heavy atom. The molecule has 29 heavy (non-hydrogen) atoms. The zero-order valence-corrected chi connectivity index (χ0v) is 19.0. The Balaban J connectivity index is 1.39. The van der Waals surface area contributed by atoms with Gasteiger partial charge in [-0.15, -0.1) is 11.3 Å². The summed E-state index contributed by atoms with van der Waals surface area (Å²) in [5.74, 6) is 0.623. The Morgan fingerprint density at radius 2 is 1.90 bits per heavy atom. The van der Waals surface area contributed by atoms with Crippen LogP contribution in [0.15, 0.2) is 52.4 Å². The first-order chi connectivity index (χ1) is 14.2. The Hall–Kier alpha value is -1.80. The van der Waals surface area contributed by atoms with E-state index in [0.717, 1.165) is 39.7 Å². The van der Waals surface area contributed by atoms with Crippen molar-refractivity contribution >= 4 is 38.9 Å². The lowest BCUT2D eigenvalue weighted by molar-refractivity contribution is 0.127. The lowest BCUT2D eigenvalue weighted by Crippen LogP contribution is -2.45. The molecule has 1 N–H and O–H groups in total. The molecule has 1 aromatic carbocycles. The number of nitrogens with zero attached hydrogens (tertiary/aromatic N) is 4. The maximum absolute atomic E-state index is 4.67. The van der Waals surface area contributed by atoms with Crippen molar-refractivity contribution in [3.05, 3.63) is 58.0 Å². The molecule has 0 unspecified atom stereocenters. The number of piperazine rings is 1. The van der Waals surface area contributed by atoms with Crippen LogP contribution in [0, 0.1) is 0 Å². The Morgan fingerprint density at radius 3 is 2.66 bits per heavy atom. The first-order valence-electron chi connectivity index (χ1n) is 10.1. The number of hydrogen-bond donors (Lipinski definition) is 1. The first-order valence-corrected chi connectivity index (χ1v) is 11.7. The minimum absolute atomic E-state index is 0.623. The number of rotatable bonds is 7. The summed E-state index contributed by atoms with van der Waals surface area (Å²) in [7, 11) is 0. The SMILES string of the molecule is CCCN1CCN(Cc2cccc(Nc3nccc(-c4ccc(Br)s4)n3)c2)CC1. The fourth-order valence-corrected chi connectivity index (χ4v) is 4.99. The summed E-state index contributed by atoms with van der Waals surface area (Å²) in [5.41, 5.74) is 3.27. The number of hydrogen-bond acceptors (Lipinski definition) is 6. The van der Waals surface area contributed by atoms with Crippen LogP contribution < -0.4 is 5.32 Å². The summed E-state index contributed by atoms with van der Waals surface area (Å²) in [6.45, 7) is 9.08. The second kappa shape index (κ2) is 9.80. The largest absolute Gasteiger partial charge is 0.324 e. The number of nitrogens with one attached hydrogen (secondary N) is 1. The molecule has 152 valence electrons. The second-order valence-electron chi connectivity index (χ2n) is 7.31. The zero-order chi connectivity index (χ0) is 20.1. The fraction of sp³-hybridized carbons (Fsp3) is 0.364. The number of benzene rings is 1. The molecular weight excluding hydrogens is 446 g/mol. The number of anilines is 2. The summed E-state index contributed by atoms with van der Waals surface area (Å²) in [6.07, 6.45) is 3.04. The second-order valence-corrected chi connectivity index (χ2v) is 9.78. The van der Waals surface area contributed by atoms with Gasteiger partial charge in [0, 0.05) is 44.6 Å². The standard InChI is InChI=1S/C22H26BrN5S/c1-2-10-27-11-13-28(14-12-27)16-17-4-3-5-18(15-17)25-22-24-9-8-19(26-22)20-6-7-21(23)29-20/h3-9,15H,2,10-14,16H2,1H3,(H,24,25,26). The molecule has 0 saturated carbocycles. The van der Waals surface area contributed by atoms with Gasteiger partial charge in [0.05, 0.1) is 14.4 Å². The van der Waals surface area contributed by atoms with E-state index in [1.807, 2.05) is 12.1 Å². The predicted molar refractivity (Wildman–Crippen MR) is 125 cm³/mol. The van der Waals surface area contributed by atoms with Crippen molar-refractivity contribution in [3.63, 3.8) is 0 Å². The van der Waals surface area contributed by atoms with Crippen LogP contribution in [0.25, 0.3) is 10.6 Å². The molecular formula is C22H26BrN5S. The van der Waals surface area contributed by atoms with E-state index in [1.165, 1.54) is 31.6 Å². The molecule has 3 aromatic rings. The van der Waals surface area contributed by atoms with E-state index in [-0.39, 0.29) is 0 Å². The van der Waals surface area contributed by atoms with Gasteiger partial charge >= 0.3 is 0 Å². The van der Waals surface area contributed by atoms with Crippen molar-refractivity contribution in [1.82, 2.24) is 19.8 Å². The highest BCUT2D eigenvalue weighted by Gasteiger charge is 2.16. The Kier molecular flexibility index (Phi) is 6.92. The van der Waals surface area contributed by atoms with Gasteiger partial charge < -0.3 is 10.2 Å². The molecule has 0 bridgehead atoms. The fourth-order valence-electron chi connectivity index (χ4n) is 3.63. The highest BCUT2D eigenvalue weighted by molar-refractivity contribution is 9.11. The van der Waals surface area contributed by atoms with Crippen molar-refractivity contribution in [3.8, 4) is 10.6 Å². The molecule has 0 atom stereocenters. The molecule has 1 aliphatic heterocycles. The van der Waals surface area contributed by atoms with Gasteiger partial charge in [0.15, 0.2) is 0 Å². The monoisotopic (exact) mass is 471 g/mol. The molecule has 1 fully saturated rings. The maximum Gasteiger partial charge on any atom is 0.227 e. The van der Waals surface area contributed by atoms with Gasteiger partial charge in [-0.1, -0.05) is 19.1 Å². The number of halogens is 1. The molecule has 0 spiro atoms. The van der Waals surface area contributed by atoms with Gasteiger partial charge in [0.25, 0.3) is 0 Å². The van der Waals surface area contributed by atoms with Gasteiger partial charge in [-0.25, -0.2) is 9.97 Å². The Bertz CT molecular complexity index is 936. The van der Waals surface area contributed by atoms with Gasteiger partial charge in [-0.05, 0) is 64.8 Å². The molecule has 2 aromatic heterocycles. The summed E-state index contributed by atoms with van der Waals surface area (Å²) in [6, 6.07) is 14.6. The molecule has 1 aliphatic rings. The van der Waals surface area contributed by atoms with Crippen molar-refractivity contribution in [2.24, 2.45) is 0 Å². The normalized spacial score (nSPS) is 15.5. The average molecular weight is 472 g/mol. The van der Waals surface area contributed by atoms with E-state index >= 15 is 0 Å². The van der Waals surface area contributed by atoms with Crippen LogP contribution in [0.3, 0.4) is 0 Å². The van der Waals surface area contributed by atoms with Crippen LogP contribution in [0.4, 0.5) is 11.6 Å². The van der Waals surface area contributed by atoms with Crippen LogP contribution in [-0.4, -0.2) is 52.5 Å². The van der Waals surface area contributed by atoms with Crippen molar-refractivity contribution < 1.29 is 0 Å².